The molecule has 2 rings (SSSR count). The highest BCUT2D eigenvalue weighted by Crippen LogP contribution is 2.30. The van der Waals surface area contributed by atoms with E-state index in [1.54, 1.807) is 0 Å². The summed E-state index contributed by atoms with van der Waals surface area (Å²) in [4.78, 5) is 0. The fourth-order valence-corrected chi connectivity index (χ4v) is 3.01. The maximum Gasteiger partial charge on any atom is 0.187 e. The van der Waals surface area contributed by atoms with E-state index in [0.717, 1.165) is 0 Å². The number of aliphatic hydroxyl groups is 7. The van der Waals surface area contributed by atoms with Crippen LogP contribution in [0.3, 0.4) is 0 Å². The van der Waals surface area contributed by atoms with Crippen molar-refractivity contribution in [3.05, 3.63) is 0 Å². The van der Waals surface area contributed by atoms with Gasteiger partial charge in [-0.1, -0.05) is 0 Å². The third-order valence-electron chi connectivity index (χ3n) is 4.61. The molecular weight excluding hydrogens is 370 g/mol. The number of rotatable bonds is 9. The number of hydrogen-bond acceptors (Lipinski definition) is 11. The van der Waals surface area contributed by atoms with Crippen molar-refractivity contribution in [3.63, 3.8) is 0 Å². The Morgan fingerprint density at radius 1 is 0.926 bits per heavy atom. The van der Waals surface area contributed by atoms with Gasteiger partial charge in [0.1, 0.15) is 48.8 Å². The zero-order valence-corrected chi connectivity index (χ0v) is 14.8. The highest BCUT2D eigenvalue weighted by atomic mass is 16.7. The lowest BCUT2D eigenvalue weighted by atomic mass is 9.98. The van der Waals surface area contributed by atoms with Crippen LogP contribution in [-0.4, -0.2) is 124 Å². The normalized spacial score (nSPS) is 43.8. The van der Waals surface area contributed by atoms with Crippen LogP contribution in [0.25, 0.3) is 0 Å². The molecule has 0 aliphatic carbocycles. The molecule has 2 saturated heterocycles. The molecular formula is C15H30NO11+. The van der Waals surface area contributed by atoms with Crippen molar-refractivity contribution in [2.75, 3.05) is 26.4 Å². The van der Waals surface area contributed by atoms with Crippen LogP contribution in [0.1, 0.15) is 6.42 Å². The molecule has 12 nitrogen and oxygen atoms in total. The first kappa shape index (κ1) is 22.8. The minimum absolute atomic E-state index is 0.220. The molecule has 10 N–H and O–H groups in total. The zero-order chi connectivity index (χ0) is 20.1. The van der Waals surface area contributed by atoms with Crippen molar-refractivity contribution in [1.29, 1.82) is 0 Å². The van der Waals surface area contributed by atoms with E-state index < -0.39 is 74.6 Å². The summed E-state index contributed by atoms with van der Waals surface area (Å²) in [5, 5.41) is 68.7. The smallest absolute Gasteiger partial charge is 0.187 e. The number of hydrogen-bond donors (Lipinski definition) is 8. The predicted octanol–water partition coefficient (Wildman–Crippen LogP) is -5.74. The van der Waals surface area contributed by atoms with E-state index in [0.29, 0.717) is 13.0 Å². The maximum atomic E-state index is 10.4. The second-order valence-electron chi connectivity index (χ2n) is 6.59. The summed E-state index contributed by atoms with van der Waals surface area (Å²) in [6.07, 6.45) is -13.5. The molecule has 10 atom stereocenters. The van der Waals surface area contributed by atoms with Crippen molar-refractivity contribution in [3.8, 4) is 0 Å². The molecule has 2 aliphatic rings. The number of ether oxygens (including phenoxy) is 4. The van der Waals surface area contributed by atoms with Gasteiger partial charge in [-0.2, -0.15) is 0 Å². The largest absolute Gasteiger partial charge is 0.394 e. The van der Waals surface area contributed by atoms with Gasteiger partial charge in [0.05, 0.1) is 26.4 Å². The fraction of sp³-hybridized carbons (Fsp3) is 1.00. The predicted molar refractivity (Wildman–Crippen MR) is 84.7 cm³/mol. The van der Waals surface area contributed by atoms with Crippen molar-refractivity contribution in [2.45, 2.75) is 67.8 Å². The van der Waals surface area contributed by atoms with Gasteiger partial charge in [0.25, 0.3) is 0 Å². The second-order valence-corrected chi connectivity index (χ2v) is 6.59. The monoisotopic (exact) mass is 400 g/mol. The molecule has 0 aromatic carbocycles. The summed E-state index contributed by atoms with van der Waals surface area (Å²) in [5.74, 6) is 0. The van der Waals surface area contributed by atoms with E-state index in [1.807, 2.05) is 0 Å². The summed E-state index contributed by atoms with van der Waals surface area (Å²) in [6.45, 7) is -0.467. The molecule has 0 aromatic rings. The van der Waals surface area contributed by atoms with Gasteiger partial charge in [-0.3, -0.25) is 0 Å². The second kappa shape index (κ2) is 10.3. The fourth-order valence-electron chi connectivity index (χ4n) is 3.01. The third-order valence-corrected chi connectivity index (χ3v) is 4.61. The van der Waals surface area contributed by atoms with Crippen LogP contribution in [-0.2, 0) is 18.9 Å². The molecule has 0 unspecified atom stereocenters. The minimum Gasteiger partial charge on any atom is -0.394 e. The summed E-state index contributed by atoms with van der Waals surface area (Å²) in [7, 11) is 0. The topological polar surface area (TPSA) is 206 Å². The summed E-state index contributed by atoms with van der Waals surface area (Å²) in [6, 6.07) is 0. The molecule has 2 fully saturated rings. The van der Waals surface area contributed by atoms with Gasteiger partial charge >= 0.3 is 0 Å². The van der Waals surface area contributed by atoms with Gasteiger partial charge in [0.2, 0.25) is 0 Å². The van der Waals surface area contributed by atoms with Gasteiger partial charge in [-0.15, -0.1) is 0 Å². The van der Waals surface area contributed by atoms with Crippen molar-refractivity contribution < 1.29 is 60.4 Å². The van der Waals surface area contributed by atoms with E-state index in [-0.39, 0.29) is 6.61 Å². The Morgan fingerprint density at radius 3 is 2.22 bits per heavy atom. The highest BCUT2D eigenvalue weighted by molar-refractivity contribution is 4.95. The lowest BCUT2D eigenvalue weighted by molar-refractivity contribution is -0.372. The van der Waals surface area contributed by atoms with Crippen LogP contribution in [0.5, 0.6) is 0 Å². The molecule has 12 heteroatoms. The van der Waals surface area contributed by atoms with E-state index in [1.165, 1.54) is 0 Å². The van der Waals surface area contributed by atoms with Gasteiger partial charge < -0.3 is 60.4 Å². The van der Waals surface area contributed by atoms with E-state index in [4.69, 9.17) is 24.1 Å². The Bertz CT molecular complexity index is 444. The number of aliphatic hydroxyl groups excluding tert-OH is 7. The molecule has 2 aliphatic heterocycles. The quantitative estimate of drug-likeness (QED) is 0.171. The van der Waals surface area contributed by atoms with Crippen molar-refractivity contribution in [2.24, 2.45) is 0 Å². The van der Waals surface area contributed by atoms with E-state index in [2.05, 4.69) is 5.73 Å². The molecule has 0 aromatic heterocycles. The average molecular weight is 400 g/mol. The van der Waals surface area contributed by atoms with Crippen molar-refractivity contribution in [1.82, 2.24) is 0 Å². The Kier molecular flexibility index (Phi) is 8.73. The molecule has 0 radical (unpaired) electrons. The SMILES string of the molecule is [NH3+]CCCO[C@@H]1O[C@H](CO)[C@@H](O)[C@H](O[C@@H]2O[C@@H]([C@H](O)CO)[C@H](O)[C@H]2O)[C@@H]1O. The summed E-state index contributed by atoms with van der Waals surface area (Å²) < 4.78 is 21.4. The van der Waals surface area contributed by atoms with Gasteiger partial charge in [-0.05, 0) is 0 Å². The number of quaternary nitrogens is 1. The van der Waals surface area contributed by atoms with Crippen LogP contribution < -0.4 is 5.73 Å². The minimum atomic E-state index is -1.60. The highest BCUT2D eigenvalue weighted by Gasteiger charge is 2.52. The average Bonchev–Trinajstić information content (AvgIpc) is 2.94. The summed E-state index contributed by atoms with van der Waals surface area (Å²) in [5.41, 5.74) is 3.66. The first-order chi connectivity index (χ1) is 12.8. The molecule has 2 heterocycles. The molecule has 0 spiro atoms. The van der Waals surface area contributed by atoms with Crippen molar-refractivity contribution >= 4 is 0 Å². The molecule has 160 valence electrons. The van der Waals surface area contributed by atoms with Gasteiger partial charge in [-0.25, -0.2) is 0 Å². The van der Waals surface area contributed by atoms with E-state index >= 15 is 0 Å². The van der Waals surface area contributed by atoms with Crippen LogP contribution in [0.2, 0.25) is 0 Å². The van der Waals surface area contributed by atoms with Crippen LogP contribution in [0.4, 0.5) is 0 Å². The maximum absolute atomic E-state index is 10.4. The Labute approximate surface area is 155 Å². The third kappa shape index (κ3) is 5.12. The van der Waals surface area contributed by atoms with Crippen LogP contribution in [0.15, 0.2) is 0 Å². The molecule has 0 bridgehead atoms. The first-order valence-electron chi connectivity index (χ1n) is 8.85. The first-order valence-corrected chi connectivity index (χ1v) is 8.85. The molecule has 0 amide bonds. The molecule has 27 heavy (non-hydrogen) atoms. The van der Waals surface area contributed by atoms with Crippen LogP contribution in [0, 0.1) is 0 Å². The van der Waals surface area contributed by atoms with Gasteiger partial charge in [0, 0.05) is 6.42 Å². The lowest BCUT2D eigenvalue weighted by Gasteiger charge is -2.42. The van der Waals surface area contributed by atoms with Gasteiger partial charge in [0.15, 0.2) is 12.6 Å². The zero-order valence-electron chi connectivity index (χ0n) is 14.8. The molecule has 0 saturated carbocycles. The summed E-state index contributed by atoms with van der Waals surface area (Å²) >= 11 is 0. The Hall–Kier alpha value is -0.480. The standard InChI is InChI=1S/C15H29NO11/c16-2-1-3-24-14-11(23)13(8(20)7(5-18)25-14)27-15-10(22)9(21)12(26-15)6(19)4-17/h6-15,17-23H,1-5,16H2/p+1/t6-,7-,8-,9-,10-,11+,12+,13+,14-,15+/m1/s1. The lowest BCUT2D eigenvalue weighted by Crippen LogP contribution is -2.61. The van der Waals surface area contributed by atoms with E-state index in [9.17, 15) is 30.6 Å². The Balaban J connectivity index is 2.07. The Morgan fingerprint density at radius 2 is 1.63 bits per heavy atom. The van der Waals surface area contributed by atoms with Crippen LogP contribution >= 0.6 is 0 Å².